The number of para-hydroxylation sites is 1. The fourth-order valence-electron chi connectivity index (χ4n) is 1.56. The van der Waals surface area contributed by atoms with E-state index in [-0.39, 0.29) is 5.91 Å². The predicted molar refractivity (Wildman–Crippen MR) is 77.0 cm³/mol. The number of nitrogens with one attached hydrogen (secondary N) is 1. The van der Waals surface area contributed by atoms with Crippen LogP contribution in [0.5, 0.6) is 5.75 Å². The molecule has 106 valence electrons. The standard InChI is InChI=1S/C15H13N3O3/c1-11(19)21-14-7-3-2-5-12(14)10-17-18-15(20)13-6-4-8-16-9-13/h2-10H,1H3,(H,18,20)/b17-10-. The minimum atomic E-state index is -0.421. The topological polar surface area (TPSA) is 80.6 Å². The van der Waals surface area contributed by atoms with E-state index >= 15 is 0 Å². The van der Waals surface area contributed by atoms with E-state index in [1.54, 1.807) is 42.6 Å². The summed E-state index contributed by atoms with van der Waals surface area (Å²) < 4.78 is 5.03. The molecule has 0 unspecified atom stereocenters. The quantitative estimate of drug-likeness (QED) is 0.401. The Bertz CT molecular complexity index is 669. The molecule has 0 saturated carbocycles. The van der Waals surface area contributed by atoms with Crippen LogP contribution in [0, 0.1) is 0 Å². The van der Waals surface area contributed by atoms with Gasteiger partial charge < -0.3 is 4.74 Å². The molecule has 0 radical (unpaired) electrons. The lowest BCUT2D eigenvalue weighted by molar-refractivity contribution is -0.131. The summed E-state index contributed by atoms with van der Waals surface area (Å²) >= 11 is 0. The van der Waals surface area contributed by atoms with Crippen LogP contribution in [0.4, 0.5) is 0 Å². The van der Waals surface area contributed by atoms with E-state index in [1.165, 1.54) is 19.3 Å². The average Bonchev–Trinajstić information content (AvgIpc) is 2.49. The zero-order valence-corrected chi connectivity index (χ0v) is 11.3. The maximum atomic E-state index is 11.7. The van der Waals surface area contributed by atoms with E-state index < -0.39 is 5.97 Å². The van der Waals surface area contributed by atoms with Gasteiger partial charge in [0.05, 0.1) is 11.8 Å². The van der Waals surface area contributed by atoms with Gasteiger partial charge in [0.15, 0.2) is 0 Å². The minimum absolute atomic E-state index is 0.371. The molecule has 0 spiro atoms. The number of aromatic nitrogens is 1. The Balaban J connectivity index is 2.05. The number of pyridine rings is 1. The van der Waals surface area contributed by atoms with Crippen molar-refractivity contribution in [3.05, 3.63) is 59.9 Å². The average molecular weight is 283 g/mol. The number of amides is 1. The molecule has 0 aliphatic carbocycles. The van der Waals surface area contributed by atoms with Gasteiger partial charge in [-0.3, -0.25) is 14.6 Å². The molecule has 2 rings (SSSR count). The summed E-state index contributed by atoms with van der Waals surface area (Å²) in [5.41, 5.74) is 3.37. The van der Waals surface area contributed by atoms with Crippen molar-refractivity contribution in [3.8, 4) is 5.75 Å². The van der Waals surface area contributed by atoms with Crippen LogP contribution < -0.4 is 10.2 Å². The Morgan fingerprint density at radius 1 is 1.24 bits per heavy atom. The van der Waals surface area contributed by atoms with Crippen molar-refractivity contribution in [1.29, 1.82) is 0 Å². The molecule has 2 aromatic rings. The molecule has 0 bridgehead atoms. The Morgan fingerprint density at radius 3 is 2.76 bits per heavy atom. The van der Waals surface area contributed by atoms with Crippen molar-refractivity contribution in [1.82, 2.24) is 10.4 Å². The number of esters is 1. The van der Waals surface area contributed by atoms with E-state index in [9.17, 15) is 9.59 Å². The van der Waals surface area contributed by atoms with Crippen LogP contribution in [0.2, 0.25) is 0 Å². The SMILES string of the molecule is CC(=O)Oc1ccccc1/C=N\NC(=O)c1cccnc1. The Kier molecular flexibility index (Phi) is 4.76. The molecule has 1 amide bonds. The molecule has 6 heteroatoms. The second-order valence-electron chi connectivity index (χ2n) is 4.07. The van der Waals surface area contributed by atoms with E-state index in [2.05, 4.69) is 15.5 Å². The van der Waals surface area contributed by atoms with E-state index in [0.717, 1.165) is 0 Å². The first kappa shape index (κ1) is 14.4. The lowest BCUT2D eigenvalue weighted by atomic mass is 10.2. The van der Waals surface area contributed by atoms with Gasteiger partial charge in [-0.1, -0.05) is 12.1 Å². The summed E-state index contributed by atoms with van der Waals surface area (Å²) in [6, 6.07) is 10.2. The lowest BCUT2D eigenvalue weighted by Crippen LogP contribution is -2.17. The number of hydrogen-bond donors (Lipinski definition) is 1. The van der Waals surface area contributed by atoms with Gasteiger partial charge in [0.1, 0.15) is 5.75 Å². The zero-order chi connectivity index (χ0) is 15.1. The first-order chi connectivity index (χ1) is 10.2. The summed E-state index contributed by atoms with van der Waals surface area (Å²) in [6.07, 6.45) is 4.43. The van der Waals surface area contributed by atoms with Crippen LogP contribution in [0.15, 0.2) is 53.9 Å². The fraction of sp³-hybridized carbons (Fsp3) is 0.0667. The number of benzene rings is 1. The van der Waals surface area contributed by atoms with Crippen molar-refractivity contribution < 1.29 is 14.3 Å². The van der Waals surface area contributed by atoms with E-state index in [4.69, 9.17) is 4.74 Å². The molecular weight excluding hydrogens is 270 g/mol. The maximum absolute atomic E-state index is 11.7. The molecule has 1 aromatic heterocycles. The third-order valence-corrected chi connectivity index (χ3v) is 2.47. The van der Waals surface area contributed by atoms with Crippen molar-refractivity contribution in [2.24, 2.45) is 5.10 Å². The number of carbonyl (C=O) groups excluding carboxylic acids is 2. The molecule has 0 aliphatic rings. The first-order valence-corrected chi connectivity index (χ1v) is 6.17. The van der Waals surface area contributed by atoms with Gasteiger partial charge in [-0.05, 0) is 24.3 Å². The summed E-state index contributed by atoms with van der Waals surface area (Å²) in [5, 5.41) is 3.84. The summed E-state index contributed by atoms with van der Waals surface area (Å²) in [7, 11) is 0. The van der Waals surface area contributed by atoms with Crippen LogP contribution in [0.25, 0.3) is 0 Å². The van der Waals surface area contributed by atoms with Crippen LogP contribution in [-0.2, 0) is 4.79 Å². The fourth-order valence-corrected chi connectivity index (χ4v) is 1.56. The third kappa shape index (κ3) is 4.24. The van der Waals surface area contributed by atoms with Gasteiger partial charge >= 0.3 is 5.97 Å². The first-order valence-electron chi connectivity index (χ1n) is 6.17. The Morgan fingerprint density at radius 2 is 2.05 bits per heavy atom. The Hall–Kier alpha value is -3.02. The second-order valence-corrected chi connectivity index (χ2v) is 4.07. The van der Waals surface area contributed by atoms with Gasteiger partial charge in [-0.15, -0.1) is 0 Å². The molecule has 0 atom stereocenters. The summed E-state index contributed by atoms with van der Waals surface area (Å²) in [5.74, 6) is -0.413. The van der Waals surface area contributed by atoms with Crippen LogP contribution in [0.3, 0.4) is 0 Å². The number of hydrogen-bond acceptors (Lipinski definition) is 5. The van der Waals surface area contributed by atoms with Gasteiger partial charge in [-0.2, -0.15) is 5.10 Å². The maximum Gasteiger partial charge on any atom is 0.308 e. The van der Waals surface area contributed by atoms with Gasteiger partial charge in [0.25, 0.3) is 5.91 Å². The molecule has 1 heterocycles. The van der Waals surface area contributed by atoms with Gasteiger partial charge in [0, 0.05) is 24.9 Å². The van der Waals surface area contributed by atoms with E-state index in [0.29, 0.717) is 16.9 Å². The highest BCUT2D eigenvalue weighted by molar-refractivity contribution is 5.94. The summed E-state index contributed by atoms with van der Waals surface area (Å²) in [4.78, 5) is 26.6. The highest BCUT2D eigenvalue weighted by atomic mass is 16.5. The number of ether oxygens (including phenoxy) is 1. The third-order valence-electron chi connectivity index (χ3n) is 2.47. The molecule has 0 aliphatic heterocycles. The molecule has 0 fully saturated rings. The second kappa shape index (κ2) is 6.95. The number of nitrogens with zero attached hydrogens (tertiary/aromatic N) is 2. The smallest absolute Gasteiger partial charge is 0.308 e. The highest BCUT2D eigenvalue weighted by Crippen LogP contribution is 2.15. The monoisotopic (exact) mass is 283 g/mol. The molecule has 1 aromatic carbocycles. The van der Waals surface area contributed by atoms with Crippen LogP contribution in [-0.4, -0.2) is 23.1 Å². The van der Waals surface area contributed by atoms with Crippen molar-refractivity contribution in [2.45, 2.75) is 6.92 Å². The van der Waals surface area contributed by atoms with Crippen molar-refractivity contribution in [2.75, 3.05) is 0 Å². The lowest BCUT2D eigenvalue weighted by Gasteiger charge is -2.04. The van der Waals surface area contributed by atoms with Crippen LogP contribution >= 0.6 is 0 Å². The predicted octanol–water partition coefficient (Wildman–Crippen LogP) is 1.77. The largest absolute Gasteiger partial charge is 0.426 e. The Labute approximate surface area is 121 Å². The number of hydrazone groups is 1. The molecular formula is C15H13N3O3. The molecule has 21 heavy (non-hydrogen) atoms. The minimum Gasteiger partial charge on any atom is -0.426 e. The number of carbonyl (C=O) groups is 2. The number of rotatable bonds is 4. The normalized spacial score (nSPS) is 10.3. The molecule has 6 nitrogen and oxygen atoms in total. The zero-order valence-electron chi connectivity index (χ0n) is 11.3. The van der Waals surface area contributed by atoms with E-state index in [1.807, 2.05) is 0 Å². The van der Waals surface area contributed by atoms with Gasteiger partial charge in [-0.25, -0.2) is 5.43 Å². The highest BCUT2D eigenvalue weighted by Gasteiger charge is 2.05. The van der Waals surface area contributed by atoms with Crippen LogP contribution in [0.1, 0.15) is 22.8 Å². The summed E-state index contributed by atoms with van der Waals surface area (Å²) in [6.45, 7) is 1.32. The van der Waals surface area contributed by atoms with Crippen molar-refractivity contribution in [3.63, 3.8) is 0 Å². The van der Waals surface area contributed by atoms with Gasteiger partial charge in [0.2, 0.25) is 0 Å². The molecule has 0 saturated heterocycles. The molecule has 1 N–H and O–H groups in total. The van der Waals surface area contributed by atoms with Crippen molar-refractivity contribution >= 4 is 18.1 Å².